The van der Waals surface area contributed by atoms with Gasteiger partial charge in [0.1, 0.15) is 18.1 Å². The van der Waals surface area contributed by atoms with E-state index in [0.717, 1.165) is 37.8 Å². The molecule has 1 saturated carbocycles. The van der Waals surface area contributed by atoms with Crippen LogP contribution in [0.1, 0.15) is 68.7 Å². The number of sulfone groups is 1. The summed E-state index contributed by atoms with van der Waals surface area (Å²) in [4.78, 5) is 19.9. The highest BCUT2D eigenvalue weighted by atomic mass is 32.2. The standard InChI is InChI=1S/C40H52N4O7S/c1-29(43-20-22-44(23-21-43)31-7-3-2-4-8-31)30-11-13-33(14-12-30)52(48,49)34-10-5-9-32(27-34)51-26-25-50-24-6-19-41-28-38(46)35-15-17-37(45)40-36(35)16-18-39(47)42-40/h5,9-18,27,29,31,38,41,45-46H,2-4,6-8,19-26,28H2,1H3,(H,42,47)/t29-,38-/m0/s1. The third-order valence-corrected chi connectivity index (χ3v) is 12.3. The number of piperazine rings is 1. The highest BCUT2D eigenvalue weighted by molar-refractivity contribution is 7.91. The van der Waals surface area contributed by atoms with E-state index >= 15 is 0 Å². The van der Waals surface area contributed by atoms with E-state index in [-0.39, 0.29) is 33.7 Å². The minimum atomic E-state index is -3.72. The van der Waals surface area contributed by atoms with Crippen molar-refractivity contribution in [1.29, 1.82) is 0 Å². The van der Waals surface area contributed by atoms with Crippen LogP contribution in [0.4, 0.5) is 0 Å². The van der Waals surface area contributed by atoms with Crippen molar-refractivity contribution in [2.24, 2.45) is 0 Å². The molecule has 12 heteroatoms. The summed E-state index contributed by atoms with van der Waals surface area (Å²) in [7, 11) is -3.72. The van der Waals surface area contributed by atoms with E-state index in [1.807, 2.05) is 12.1 Å². The quantitative estimate of drug-likeness (QED) is 0.114. The first-order valence-corrected chi connectivity index (χ1v) is 20.1. The predicted octanol–water partition coefficient (Wildman–Crippen LogP) is 5.19. The topological polar surface area (TPSA) is 144 Å². The fourth-order valence-electron chi connectivity index (χ4n) is 7.46. The average Bonchev–Trinajstić information content (AvgIpc) is 3.17. The van der Waals surface area contributed by atoms with Crippen LogP contribution in [-0.4, -0.2) is 98.5 Å². The number of benzene rings is 3. The second kappa shape index (κ2) is 17.8. The number of aromatic amines is 1. The third kappa shape index (κ3) is 9.41. The van der Waals surface area contributed by atoms with E-state index < -0.39 is 15.9 Å². The number of hydrogen-bond acceptors (Lipinski definition) is 10. The normalized spacial score (nSPS) is 17.7. The van der Waals surface area contributed by atoms with Crippen molar-refractivity contribution in [1.82, 2.24) is 20.1 Å². The van der Waals surface area contributed by atoms with E-state index in [1.165, 1.54) is 44.2 Å². The lowest BCUT2D eigenvalue weighted by Crippen LogP contribution is -2.51. The number of rotatable bonds is 16. The number of pyridine rings is 1. The second-order valence-corrected chi connectivity index (χ2v) is 15.9. The van der Waals surface area contributed by atoms with Gasteiger partial charge >= 0.3 is 0 Å². The predicted molar refractivity (Wildman–Crippen MR) is 202 cm³/mol. The number of aromatic nitrogens is 1. The van der Waals surface area contributed by atoms with Crippen LogP contribution in [0.2, 0.25) is 0 Å². The maximum Gasteiger partial charge on any atom is 0.248 e. The van der Waals surface area contributed by atoms with Gasteiger partial charge in [0.05, 0.1) is 28.0 Å². The number of aliphatic hydroxyl groups is 1. The van der Waals surface area contributed by atoms with Crippen LogP contribution >= 0.6 is 0 Å². The Morgan fingerprint density at radius 1 is 0.904 bits per heavy atom. The number of hydrogen-bond donors (Lipinski definition) is 4. The summed E-state index contributed by atoms with van der Waals surface area (Å²) in [5, 5.41) is 24.5. The van der Waals surface area contributed by atoms with Gasteiger partial charge in [-0.25, -0.2) is 8.42 Å². The molecule has 3 aromatic carbocycles. The fourth-order valence-corrected chi connectivity index (χ4v) is 8.75. The van der Waals surface area contributed by atoms with Crippen LogP contribution in [-0.2, 0) is 14.6 Å². The zero-order valence-electron chi connectivity index (χ0n) is 30.0. The molecule has 0 unspecified atom stereocenters. The zero-order valence-corrected chi connectivity index (χ0v) is 30.8. The molecule has 52 heavy (non-hydrogen) atoms. The minimum absolute atomic E-state index is 0.0464. The molecule has 280 valence electrons. The summed E-state index contributed by atoms with van der Waals surface area (Å²) in [6, 6.07) is 20.9. The molecule has 6 rings (SSSR count). The van der Waals surface area contributed by atoms with E-state index in [4.69, 9.17) is 9.47 Å². The average molecular weight is 733 g/mol. The maximum absolute atomic E-state index is 13.5. The Hall–Kier alpha value is -3.78. The number of nitrogens with zero attached hydrogens (tertiary/aromatic N) is 2. The summed E-state index contributed by atoms with van der Waals surface area (Å²) in [6.45, 7) is 8.48. The van der Waals surface area contributed by atoms with Crippen LogP contribution in [0.15, 0.2) is 87.4 Å². The van der Waals surface area contributed by atoms with Gasteiger partial charge in [-0.15, -0.1) is 0 Å². The first kappa shape index (κ1) is 38.0. The molecule has 2 heterocycles. The van der Waals surface area contributed by atoms with Crippen molar-refractivity contribution < 1.29 is 28.1 Å². The number of fused-ring (bicyclic) bond motifs is 1. The van der Waals surface area contributed by atoms with Gasteiger partial charge < -0.3 is 30.0 Å². The van der Waals surface area contributed by atoms with E-state index in [9.17, 15) is 23.4 Å². The van der Waals surface area contributed by atoms with Crippen LogP contribution in [0.25, 0.3) is 10.9 Å². The Labute approximate surface area is 306 Å². The molecule has 1 aromatic heterocycles. The zero-order chi connectivity index (χ0) is 36.5. The van der Waals surface area contributed by atoms with Gasteiger partial charge in [-0.3, -0.25) is 14.6 Å². The lowest BCUT2D eigenvalue weighted by atomic mass is 9.93. The SMILES string of the molecule is C[C@@H](c1ccc(S(=O)(=O)c2cccc(OCCOCCCNC[C@H](O)c3ccc(O)c4[nH]c(=O)ccc34)c2)cc1)N1CCN(C2CCCCC2)CC1. The monoisotopic (exact) mass is 732 g/mol. The highest BCUT2D eigenvalue weighted by Crippen LogP contribution is 2.30. The van der Waals surface area contributed by atoms with Gasteiger partial charge in [0, 0.05) is 62.9 Å². The first-order valence-electron chi connectivity index (χ1n) is 18.6. The molecule has 2 aliphatic rings. The van der Waals surface area contributed by atoms with E-state index in [0.29, 0.717) is 54.9 Å². The molecular weight excluding hydrogens is 681 g/mol. The molecule has 11 nitrogen and oxygen atoms in total. The van der Waals surface area contributed by atoms with Gasteiger partial charge in [0.2, 0.25) is 15.4 Å². The number of aromatic hydroxyl groups is 1. The molecule has 1 aliphatic heterocycles. The Morgan fingerprint density at radius 2 is 1.67 bits per heavy atom. The minimum Gasteiger partial charge on any atom is -0.506 e. The van der Waals surface area contributed by atoms with Crippen molar-refractivity contribution in [3.8, 4) is 11.5 Å². The van der Waals surface area contributed by atoms with Crippen molar-refractivity contribution in [3.05, 3.63) is 94.3 Å². The third-order valence-electron chi connectivity index (χ3n) is 10.5. The van der Waals surface area contributed by atoms with Crippen LogP contribution in [0.3, 0.4) is 0 Å². The van der Waals surface area contributed by atoms with Crippen LogP contribution in [0, 0.1) is 0 Å². The van der Waals surface area contributed by atoms with Crippen molar-refractivity contribution in [3.63, 3.8) is 0 Å². The number of H-pyrrole nitrogens is 1. The van der Waals surface area contributed by atoms with E-state index in [1.54, 1.807) is 48.5 Å². The molecule has 1 saturated heterocycles. The molecular formula is C40H52N4O7S. The smallest absolute Gasteiger partial charge is 0.248 e. The molecule has 0 amide bonds. The molecule has 2 atom stereocenters. The fraction of sp³-hybridized carbons (Fsp3) is 0.475. The van der Waals surface area contributed by atoms with Gasteiger partial charge in [0.15, 0.2) is 0 Å². The number of aliphatic hydroxyl groups excluding tert-OH is 1. The van der Waals surface area contributed by atoms with Crippen LogP contribution in [0.5, 0.6) is 11.5 Å². The van der Waals surface area contributed by atoms with Gasteiger partial charge in [-0.1, -0.05) is 43.5 Å². The molecule has 0 radical (unpaired) electrons. The van der Waals surface area contributed by atoms with Gasteiger partial charge in [-0.05, 0) is 86.3 Å². The number of phenols is 1. The lowest BCUT2D eigenvalue weighted by Gasteiger charge is -2.42. The Morgan fingerprint density at radius 3 is 2.44 bits per heavy atom. The summed E-state index contributed by atoms with van der Waals surface area (Å²) in [5.74, 6) is 0.415. The largest absolute Gasteiger partial charge is 0.506 e. The molecule has 4 aromatic rings. The Kier molecular flexibility index (Phi) is 13.0. The summed E-state index contributed by atoms with van der Waals surface area (Å²) >= 11 is 0. The Bertz CT molecular complexity index is 1920. The van der Waals surface area contributed by atoms with Gasteiger partial charge in [0.25, 0.3) is 0 Å². The number of phenolic OH excluding ortho intramolecular Hbond substituents is 1. The first-order chi connectivity index (χ1) is 25.2. The van der Waals surface area contributed by atoms with Crippen molar-refractivity contribution in [2.75, 3.05) is 59.1 Å². The summed E-state index contributed by atoms with van der Waals surface area (Å²) in [5.41, 5.74) is 1.71. The maximum atomic E-state index is 13.5. The van der Waals surface area contributed by atoms with Crippen molar-refractivity contribution >= 4 is 20.7 Å². The molecule has 0 bridgehead atoms. The highest BCUT2D eigenvalue weighted by Gasteiger charge is 2.28. The molecule has 1 aliphatic carbocycles. The molecule has 2 fully saturated rings. The molecule has 0 spiro atoms. The summed E-state index contributed by atoms with van der Waals surface area (Å²) in [6.07, 6.45) is 6.63. The number of ether oxygens (including phenoxy) is 2. The van der Waals surface area contributed by atoms with Crippen molar-refractivity contribution in [2.45, 2.75) is 73.4 Å². The lowest BCUT2D eigenvalue weighted by molar-refractivity contribution is 0.0602. The second-order valence-electron chi connectivity index (χ2n) is 13.9. The van der Waals surface area contributed by atoms with E-state index in [2.05, 4.69) is 27.0 Å². The summed E-state index contributed by atoms with van der Waals surface area (Å²) < 4.78 is 38.5. The number of nitrogens with one attached hydrogen (secondary N) is 2. The molecule has 4 N–H and O–H groups in total. The van der Waals surface area contributed by atoms with Gasteiger partial charge in [-0.2, -0.15) is 0 Å². The van der Waals surface area contributed by atoms with Crippen LogP contribution < -0.4 is 15.6 Å². The Balaban J connectivity index is 0.899.